The first kappa shape index (κ1) is 14.4. The largest absolute Gasteiger partial charge is 0.560 e. The Kier molecular flexibility index (Phi) is 4.51. The van der Waals surface area contributed by atoms with Crippen molar-refractivity contribution in [1.82, 2.24) is 5.32 Å². The highest BCUT2D eigenvalue weighted by atomic mass is 16.5. The van der Waals surface area contributed by atoms with E-state index in [9.17, 15) is 9.90 Å². The van der Waals surface area contributed by atoms with Crippen LogP contribution in [-0.2, 0) is 4.79 Å². The Balaban J connectivity index is 2.39. The standard InChI is InChI=1S/C9H20BN2O5/c11-7-5-9(8(13)14,12-6-7)3-1-2-4-10(15,16)17/h7,12,15-17H,1-6,11H2,(H,13,14)/q-1/t7-,9-/m1/s1. The smallest absolute Gasteiger partial charge is 0.371 e. The number of hydrogen-bond donors (Lipinski definition) is 6. The molecule has 0 aromatic rings. The topological polar surface area (TPSA) is 136 Å². The molecule has 7 nitrogen and oxygen atoms in total. The lowest BCUT2D eigenvalue weighted by molar-refractivity contribution is -0.144. The van der Waals surface area contributed by atoms with Crippen molar-refractivity contribution < 1.29 is 25.0 Å². The molecule has 0 bridgehead atoms. The average Bonchev–Trinajstić information content (AvgIpc) is 2.55. The molecule has 1 aliphatic heterocycles. The van der Waals surface area contributed by atoms with Crippen molar-refractivity contribution in [1.29, 1.82) is 0 Å². The SMILES string of the molecule is N[C@H]1CN[C@@](CCCC[B-](O)(O)O)(C(=O)O)C1. The monoisotopic (exact) mass is 247 g/mol. The van der Waals surface area contributed by atoms with Gasteiger partial charge in [-0.15, -0.1) is 0 Å². The van der Waals surface area contributed by atoms with Crippen LogP contribution in [0.4, 0.5) is 0 Å². The van der Waals surface area contributed by atoms with Crippen LogP contribution in [0.1, 0.15) is 25.7 Å². The number of carboxylic acids is 1. The fraction of sp³-hybridized carbons (Fsp3) is 0.889. The van der Waals surface area contributed by atoms with Gasteiger partial charge in [-0.05, 0) is 12.8 Å². The van der Waals surface area contributed by atoms with Crippen LogP contribution in [-0.4, -0.2) is 51.0 Å². The van der Waals surface area contributed by atoms with Crippen LogP contribution in [0.3, 0.4) is 0 Å². The second-order valence-corrected chi connectivity index (χ2v) is 4.87. The summed E-state index contributed by atoms with van der Waals surface area (Å²) in [4.78, 5) is 11.2. The number of carboxylic acid groups (broad SMARTS) is 1. The Morgan fingerprint density at radius 1 is 1.41 bits per heavy atom. The highest BCUT2D eigenvalue weighted by Crippen LogP contribution is 2.26. The highest BCUT2D eigenvalue weighted by molar-refractivity contribution is 6.56. The van der Waals surface area contributed by atoms with Crippen molar-refractivity contribution in [3.05, 3.63) is 0 Å². The quantitative estimate of drug-likeness (QED) is 0.241. The molecular formula is C9H20BN2O5-. The van der Waals surface area contributed by atoms with E-state index in [1.165, 1.54) is 0 Å². The Bertz CT molecular complexity index is 283. The van der Waals surface area contributed by atoms with Gasteiger partial charge in [0, 0.05) is 12.6 Å². The van der Waals surface area contributed by atoms with Gasteiger partial charge >= 0.3 is 12.7 Å². The molecule has 0 aromatic heterocycles. The lowest BCUT2D eigenvalue weighted by Crippen LogP contribution is -2.47. The summed E-state index contributed by atoms with van der Waals surface area (Å²) in [5, 5.41) is 38.3. The molecule has 1 saturated heterocycles. The molecule has 1 heterocycles. The van der Waals surface area contributed by atoms with Crippen molar-refractivity contribution in [2.24, 2.45) is 5.73 Å². The summed E-state index contributed by atoms with van der Waals surface area (Å²) in [6.45, 7) is -2.79. The van der Waals surface area contributed by atoms with Crippen LogP contribution >= 0.6 is 0 Å². The minimum Gasteiger partial charge on any atom is -0.560 e. The Labute approximate surface area is 99.6 Å². The maximum absolute atomic E-state index is 11.2. The molecule has 100 valence electrons. The van der Waals surface area contributed by atoms with Gasteiger partial charge in [-0.2, -0.15) is 0 Å². The van der Waals surface area contributed by atoms with Crippen LogP contribution in [0.5, 0.6) is 0 Å². The van der Waals surface area contributed by atoms with Crippen molar-refractivity contribution in [2.75, 3.05) is 6.54 Å². The van der Waals surface area contributed by atoms with E-state index in [1.807, 2.05) is 0 Å². The van der Waals surface area contributed by atoms with Gasteiger partial charge in [0.05, 0.1) is 0 Å². The zero-order valence-corrected chi connectivity index (χ0v) is 9.67. The predicted octanol–water partition coefficient (Wildman–Crippen LogP) is -1.78. The van der Waals surface area contributed by atoms with Crippen molar-refractivity contribution >= 4 is 12.7 Å². The van der Waals surface area contributed by atoms with Gasteiger partial charge in [-0.3, -0.25) is 4.79 Å². The third-order valence-electron chi connectivity index (χ3n) is 3.17. The van der Waals surface area contributed by atoms with Crippen LogP contribution < -0.4 is 11.1 Å². The number of rotatable bonds is 6. The summed E-state index contributed by atoms with van der Waals surface area (Å²) in [6, 6.07) is -0.164. The van der Waals surface area contributed by atoms with Gasteiger partial charge in [-0.1, -0.05) is 19.2 Å². The van der Waals surface area contributed by atoms with Crippen LogP contribution in [0.15, 0.2) is 0 Å². The van der Waals surface area contributed by atoms with Gasteiger partial charge in [0.1, 0.15) is 5.54 Å². The van der Waals surface area contributed by atoms with Crippen molar-refractivity contribution in [2.45, 2.75) is 43.6 Å². The number of aliphatic carboxylic acids is 1. The number of nitrogens with one attached hydrogen (secondary N) is 1. The zero-order valence-electron chi connectivity index (χ0n) is 9.67. The minimum absolute atomic E-state index is 0.137. The van der Waals surface area contributed by atoms with E-state index in [-0.39, 0.29) is 12.4 Å². The van der Waals surface area contributed by atoms with Crippen molar-refractivity contribution in [3.63, 3.8) is 0 Å². The molecule has 17 heavy (non-hydrogen) atoms. The highest BCUT2D eigenvalue weighted by Gasteiger charge is 2.43. The second kappa shape index (κ2) is 5.32. The van der Waals surface area contributed by atoms with Gasteiger partial charge in [-0.25, -0.2) is 0 Å². The van der Waals surface area contributed by atoms with Gasteiger partial charge in [0.25, 0.3) is 0 Å². The molecule has 0 aromatic carbocycles. The summed E-state index contributed by atoms with van der Waals surface area (Å²) in [5.41, 5.74) is 4.67. The third-order valence-corrected chi connectivity index (χ3v) is 3.17. The summed E-state index contributed by atoms with van der Waals surface area (Å²) in [6.07, 6.45) is 1.44. The third kappa shape index (κ3) is 4.25. The summed E-state index contributed by atoms with van der Waals surface area (Å²) < 4.78 is 0. The molecule has 1 rings (SSSR count). The first-order valence-corrected chi connectivity index (χ1v) is 5.82. The number of unbranched alkanes of at least 4 members (excludes halogenated alkanes) is 1. The molecule has 7 N–H and O–H groups in total. The normalized spacial score (nSPS) is 29.5. The molecule has 0 radical (unpaired) electrons. The predicted molar refractivity (Wildman–Crippen MR) is 62.0 cm³/mol. The summed E-state index contributed by atoms with van der Waals surface area (Å²) >= 11 is 0. The Hall–Kier alpha value is -0.665. The zero-order chi connectivity index (χ0) is 13.1. The average molecular weight is 247 g/mol. The number of carbonyl (C=O) groups is 1. The van der Waals surface area contributed by atoms with E-state index >= 15 is 0 Å². The Morgan fingerprint density at radius 2 is 2.06 bits per heavy atom. The fourth-order valence-corrected chi connectivity index (χ4v) is 2.22. The van der Waals surface area contributed by atoms with E-state index in [0.29, 0.717) is 32.2 Å². The number of hydrogen-bond acceptors (Lipinski definition) is 6. The van der Waals surface area contributed by atoms with E-state index in [1.54, 1.807) is 0 Å². The maximum atomic E-state index is 11.2. The second-order valence-electron chi connectivity index (χ2n) is 4.87. The first-order valence-electron chi connectivity index (χ1n) is 5.82. The summed E-state index contributed by atoms with van der Waals surface area (Å²) in [7, 11) is 0. The first-order chi connectivity index (χ1) is 7.75. The lowest BCUT2D eigenvalue weighted by atomic mass is 9.73. The molecule has 0 amide bonds. The molecule has 1 aliphatic rings. The van der Waals surface area contributed by atoms with Gasteiger partial charge < -0.3 is 31.2 Å². The maximum Gasteiger partial charge on any atom is 0.371 e. The molecule has 0 saturated carbocycles. The molecule has 2 atom stereocenters. The molecular weight excluding hydrogens is 227 g/mol. The van der Waals surface area contributed by atoms with Crippen molar-refractivity contribution in [3.8, 4) is 0 Å². The van der Waals surface area contributed by atoms with Gasteiger partial charge in [0.2, 0.25) is 0 Å². The van der Waals surface area contributed by atoms with Crippen LogP contribution in [0, 0.1) is 0 Å². The number of nitrogens with two attached hydrogens (primary N) is 1. The Morgan fingerprint density at radius 3 is 2.47 bits per heavy atom. The van der Waals surface area contributed by atoms with E-state index in [2.05, 4.69) is 5.32 Å². The molecule has 1 fully saturated rings. The molecule has 0 spiro atoms. The van der Waals surface area contributed by atoms with Gasteiger partial charge in [0.15, 0.2) is 0 Å². The molecule has 0 unspecified atom stereocenters. The summed E-state index contributed by atoms with van der Waals surface area (Å²) in [5.74, 6) is -0.931. The lowest BCUT2D eigenvalue weighted by Gasteiger charge is -2.25. The molecule has 8 heteroatoms. The minimum atomic E-state index is -3.27. The van der Waals surface area contributed by atoms with E-state index in [4.69, 9.17) is 20.8 Å². The molecule has 0 aliphatic carbocycles. The fourth-order valence-electron chi connectivity index (χ4n) is 2.22. The van der Waals surface area contributed by atoms with E-state index in [0.717, 1.165) is 0 Å². The van der Waals surface area contributed by atoms with Crippen LogP contribution in [0.2, 0.25) is 6.32 Å². The van der Waals surface area contributed by atoms with Crippen LogP contribution in [0.25, 0.3) is 0 Å². The van der Waals surface area contributed by atoms with E-state index < -0.39 is 18.3 Å².